The molecule has 4 saturated heterocycles. The second-order valence-corrected chi connectivity index (χ2v) is 23.2. The number of imide groups is 1. The molecule has 1 unspecified atom stereocenters. The Hall–Kier alpha value is -6.16. The molecular weight excluding hydrogens is 1000 g/mol. The zero-order chi connectivity index (χ0) is 53.0. The number of hydrogen-bond acceptors (Lipinski definition) is 11. The minimum absolute atomic E-state index is 0.0477. The van der Waals surface area contributed by atoms with Crippen molar-refractivity contribution in [3.05, 3.63) is 105 Å². The van der Waals surface area contributed by atoms with Crippen molar-refractivity contribution in [1.82, 2.24) is 34.5 Å². The number of carbonyl (C=O) groups excluding carboxylic acids is 6. The molecule has 0 radical (unpaired) electrons. The first-order chi connectivity index (χ1) is 35.0. The summed E-state index contributed by atoms with van der Waals surface area (Å²) in [6.45, 7) is 6.36. The summed E-state index contributed by atoms with van der Waals surface area (Å²) in [5.74, 6) is -2.82. The van der Waals surface area contributed by atoms with Gasteiger partial charge in [0.05, 0.1) is 35.2 Å². The maximum absolute atomic E-state index is 14.9. The lowest BCUT2D eigenvalue weighted by Crippen LogP contribution is -2.60. The highest BCUT2D eigenvalue weighted by Gasteiger charge is 2.51. The van der Waals surface area contributed by atoms with Gasteiger partial charge in [-0.25, -0.2) is 4.79 Å². The fourth-order valence-electron chi connectivity index (χ4n) is 10.5. The number of nitrogens with zero attached hydrogens (tertiary/aromatic N) is 5. The number of alkyl halides is 2. The van der Waals surface area contributed by atoms with Crippen molar-refractivity contribution in [2.45, 2.75) is 94.8 Å². The lowest BCUT2D eigenvalue weighted by molar-refractivity contribution is -0.156. The second-order valence-electron chi connectivity index (χ2n) is 20.5. The summed E-state index contributed by atoms with van der Waals surface area (Å²) in [5.41, 5.74) is -3.61. The van der Waals surface area contributed by atoms with Crippen LogP contribution >= 0.6 is 18.9 Å². The van der Waals surface area contributed by atoms with Crippen molar-refractivity contribution in [3.8, 4) is 0 Å². The number of imidazole rings is 1. The summed E-state index contributed by atoms with van der Waals surface area (Å²) >= 11 is 0.942. The van der Waals surface area contributed by atoms with Gasteiger partial charge in [-0.05, 0) is 83.9 Å². The Bertz CT molecular complexity index is 3140. The molecule has 0 aliphatic carbocycles. The van der Waals surface area contributed by atoms with E-state index in [1.54, 1.807) is 37.6 Å². The highest BCUT2D eigenvalue weighted by molar-refractivity contribution is 7.52. The number of benzene rings is 3. The maximum atomic E-state index is 14.9. The predicted octanol–water partition coefficient (Wildman–Crippen LogP) is 4.90. The molecule has 3 aromatic carbocycles. The highest BCUT2D eigenvalue weighted by Crippen LogP contribution is 2.59. The molecule has 0 bridgehead atoms. The number of halogens is 2. The van der Waals surface area contributed by atoms with Gasteiger partial charge in [0.15, 0.2) is 0 Å². The van der Waals surface area contributed by atoms with E-state index in [0.29, 0.717) is 41.7 Å². The largest absolute Gasteiger partial charge is 0.399 e. The van der Waals surface area contributed by atoms with Gasteiger partial charge in [-0.15, -0.1) is 11.3 Å². The van der Waals surface area contributed by atoms with Crippen molar-refractivity contribution < 1.29 is 61.4 Å². The van der Waals surface area contributed by atoms with E-state index >= 15 is 0 Å². The molecule has 0 saturated carbocycles. The Kier molecular flexibility index (Phi) is 14.6. The van der Waals surface area contributed by atoms with Crippen LogP contribution in [0.4, 0.5) is 8.78 Å². The minimum atomic E-state index is -5.86. The lowest BCUT2D eigenvalue weighted by Gasteiger charge is -2.39. The molecule has 4 aliphatic heterocycles. The van der Waals surface area contributed by atoms with Crippen molar-refractivity contribution in [2.24, 2.45) is 12.5 Å². The number of nitrogens with one attached hydrogen (secondary N) is 2. The van der Waals surface area contributed by atoms with E-state index in [0.717, 1.165) is 34.6 Å². The van der Waals surface area contributed by atoms with Gasteiger partial charge in [0.1, 0.15) is 30.8 Å². The number of rotatable bonds is 12. The fraction of sp³-hybridized carbons (Fsp3) is 0.471. The van der Waals surface area contributed by atoms with E-state index in [1.807, 2.05) is 48.5 Å². The maximum Gasteiger partial charge on any atom is 0.399 e. The van der Waals surface area contributed by atoms with Crippen LogP contribution in [0.3, 0.4) is 0 Å². The van der Waals surface area contributed by atoms with Gasteiger partial charge in [0, 0.05) is 49.9 Å². The molecular formula is C51H58F2N7O12PS. The molecule has 5 aromatic rings. The molecule has 23 heteroatoms. The molecule has 4 N–H and O–H groups in total. The Morgan fingerprint density at radius 1 is 0.892 bits per heavy atom. The number of aromatic nitrogens is 2. The van der Waals surface area contributed by atoms with Crippen molar-refractivity contribution in [2.75, 3.05) is 45.9 Å². The lowest BCUT2D eigenvalue weighted by atomic mass is 9.85. The zero-order valence-electron chi connectivity index (χ0n) is 41.2. The molecule has 9 rings (SSSR count). The van der Waals surface area contributed by atoms with Gasteiger partial charge < -0.3 is 39.3 Å². The molecule has 19 nitrogen and oxygen atoms in total. The predicted molar refractivity (Wildman–Crippen MR) is 267 cm³/mol. The molecule has 74 heavy (non-hydrogen) atoms. The number of ether oxygens (including phenoxy) is 2. The van der Waals surface area contributed by atoms with Gasteiger partial charge in [0.2, 0.25) is 29.5 Å². The molecule has 6 amide bonds. The van der Waals surface area contributed by atoms with Crippen LogP contribution in [0.5, 0.6) is 0 Å². The normalized spacial score (nSPS) is 21.8. The number of thiophene rings is 1. The topological polar surface area (TPSA) is 239 Å². The average Bonchev–Trinajstić information content (AvgIpc) is 4.07. The van der Waals surface area contributed by atoms with Crippen LogP contribution in [0.15, 0.2) is 77.6 Å². The Morgan fingerprint density at radius 2 is 1.62 bits per heavy atom. The number of amides is 6. The Morgan fingerprint density at radius 3 is 2.31 bits per heavy atom. The van der Waals surface area contributed by atoms with Gasteiger partial charge in [-0.2, -0.15) is 8.78 Å². The standard InChI is InChI=1S/C51H58F2N7O12PS/c1-50(2,3)44(55-46(64)40-26-32-24-33(11-14-39(32)74-40)51(52,53)73(68,69)70)48(66)59-21-18-37(43(59)47(65)58-22-23-71-38(27-58)30-8-6-5-7-9-30)72-28-42(62)57-19-16-29(17-20-57)31-10-12-34-36(25-31)56(4)49(67)60(34)35-13-15-41(61)54-45(35)63/h5-12,14,24-26,29,35,37-38,43-44H,13,15-23,27-28H2,1-4H3,(H,55,64)(H,54,61,63)(H2,68,69,70)/t35?,37-,38+,43+,44-/m1/s1. The SMILES string of the molecule is Cn1c(=O)n(C2CCC(=O)NC2=O)c2ccc(C3CCN(C(=O)CO[C@@H]4CCN(C(=O)[C@@H](NC(=O)c5cc6cc(C(F)(F)P(=O)(O)O)ccc6s5)C(C)(C)C)[C@@H]4C(=O)N4CCO[C@H](c5ccccc5)C4)CC3)cc21. The molecule has 394 valence electrons. The summed E-state index contributed by atoms with van der Waals surface area (Å²) < 4.78 is 56.5. The Balaban J connectivity index is 0.899. The highest BCUT2D eigenvalue weighted by atomic mass is 32.1. The van der Waals surface area contributed by atoms with Crippen LogP contribution in [-0.2, 0) is 50.7 Å². The molecule has 0 spiro atoms. The summed E-state index contributed by atoms with van der Waals surface area (Å²) in [5, 5.41) is 5.29. The van der Waals surface area contributed by atoms with E-state index in [1.165, 1.54) is 26.2 Å². The number of morpholine rings is 1. The first-order valence-electron chi connectivity index (χ1n) is 24.5. The molecule has 5 atom stereocenters. The molecule has 4 fully saturated rings. The average molecular weight is 1060 g/mol. The van der Waals surface area contributed by atoms with E-state index in [9.17, 15) is 56.7 Å². The number of aryl methyl sites for hydroxylation is 1. The van der Waals surface area contributed by atoms with Crippen LogP contribution in [0.2, 0.25) is 0 Å². The third-order valence-corrected chi connectivity index (χ3v) is 16.7. The molecule has 4 aliphatic rings. The number of hydrogen-bond donors (Lipinski definition) is 4. The number of carbonyl (C=O) groups is 6. The number of fused-ring (bicyclic) bond motifs is 2. The third kappa shape index (κ3) is 10.3. The van der Waals surface area contributed by atoms with E-state index in [4.69, 9.17) is 9.47 Å². The van der Waals surface area contributed by atoms with Crippen LogP contribution in [-0.4, -0.2) is 133 Å². The van der Waals surface area contributed by atoms with Gasteiger partial charge in [-0.3, -0.25) is 47.8 Å². The zero-order valence-corrected chi connectivity index (χ0v) is 42.9. The summed E-state index contributed by atoms with van der Waals surface area (Å²) in [6.07, 6.45) is 0.422. The van der Waals surface area contributed by atoms with Crippen molar-refractivity contribution in [1.29, 1.82) is 0 Å². The van der Waals surface area contributed by atoms with E-state index in [2.05, 4.69) is 10.6 Å². The number of likely N-dealkylation sites (tertiary alicyclic amines) is 2. The van der Waals surface area contributed by atoms with E-state index < -0.39 is 78.2 Å². The first kappa shape index (κ1) is 52.7. The summed E-state index contributed by atoms with van der Waals surface area (Å²) in [6, 6.07) is 16.2. The first-order valence-corrected chi connectivity index (χ1v) is 26.9. The van der Waals surface area contributed by atoms with Gasteiger partial charge in [-0.1, -0.05) is 63.2 Å². The van der Waals surface area contributed by atoms with Crippen LogP contribution in [0.25, 0.3) is 21.1 Å². The molecule has 6 heterocycles. The van der Waals surface area contributed by atoms with Crippen LogP contribution < -0.4 is 16.3 Å². The van der Waals surface area contributed by atoms with Gasteiger partial charge >= 0.3 is 18.9 Å². The minimum Gasteiger partial charge on any atom is -0.370 e. The Labute approximate surface area is 427 Å². The fourth-order valence-corrected chi connectivity index (χ4v) is 11.9. The number of piperidine rings is 2. The molecule has 2 aromatic heterocycles. The van der Waals surface area contributed by atoms with Crippen LogP contribution in [0.1, 0.15) is 97.3 Å². The monoisotopic (exact) mass is 1060 g/mol. The van der Waals surface area contributed by atoms with Crippen LogP contribution in [0, 0.1) is 5.41 Å². The second kappa shape index (κ2) is 20.5. The summed E-state index contributed by atoms with van der Waals surface area (Å²) in [4.78, 5) is 119. The smallest absolute Gasteiger partial charge is 0.370 e. The van der Waals surface area contributed by atoms with Crippen molar-refractivity contribution >= 4 is 75.5 Å². The van der Waals surface area contributed by atoms with Crippen molar-refractivity contribution in [3.63, 3.8) is 0 Å². The quantitative estimate of drug-likeness (QED) is 0.0965. The third-order valence-electron chi connectivity index (χ3n) is 14.6. The van der Waals surface area contributed by atoms with E-state index in [-0.39, 0.29) is 85.8 Å². The van der Waals surface area contributed by atoms with Gasteiger partial charge in [0.25, 0.3) is 5.91 Å². The summed E-state index contributed by atoms with van der Waals surface area (Å²) in [7, 11) is -4.22.